The number of nitrogens with zero attached hydrogens (tertiary/aromatic N) is 1. The number of hydrogen-bond acceptors (Lipinski definition) is 3. The third-order valence-corrected chi connectivity index (χ3v) is 3.50. The number of benzene rings is 1. The van der Waals surface area contributed by atoms with Gasteiger partial charge in [-0.25, -0.2) is 0 Å². The van der Waals surface area contributed by atoms with Crippen molar-refractivity contribution in [1.29, 1.82) is 0 Å². The Morgan fingerprint density at radius 1 is 1.19 bits per heavy atom. The van der Waals surface area contributed by atoms with E-state index in [1.54, 1.807) is 0 Å². The van der Waals surface area contributed by atoms with Crippen LogP contribution in [0.25, 0.3) is 0 Å². The molecule has 2 aromatic rings. The average Bonchev–Trinajstić information content (AvgIpc) is 2.94. The smallest absolute Gasteiger partial charge is 0.309 e. The summed E-state index contributed by atoms with van der Waals surface area (Å²) in [5, 5.41) is 3.34. The predicted octanol–water partition coefficient (Wildman–Crippen LogP) is 2.36. The van der Waals surface area contributed by atoms with Crippen molar-refractivity contribution in [3.05, 3.63) is 59.4 Å². The van der Waals surface area contributed by atoms with Gasteiger partial charge in [0.15, 0.2) is 0 Å². The van der Waals surface area contributed by atoms with Crippen LogP contribution in [0.2, 0.25) is 0 Å². The average molecular weight is 286 g/mol. The number of nitrogens with one attached hydrogen (secondary N) is 1. The normalized spacial score (nSPS) is 10.6. The lowest BCUT2D eigenvalue weighted by Gasteiger charge is -2.13. The van der Waals surface area contributed by atoms with Gasteiger partial charge in [-0.1, -0.05) is 31.2 Å². The molecule has 0 saturated carbocycles. The largest absolute Gasteiger partial charge is 0.469 e. The molecule has 4 heteroatoms. The van der Waals surface area contributed by atoms with Gasteiger partial charge >= 0.3 is 5.97 Å². The first-order valence-electron chi connectivity index (χ1n) is 7.23. The second kappa shape index (κ2) is 7.64. The number of hydrogen-bond donors (Lipinski definition) is 1. The number of esters is 1. The van der Waals surface area contributed by atoms with Gasteiger partial charge in [-0.15, -0.1) is 0 Å². The van der Waals surface area contributed by atoms with E-state index in [2.05, 4.69) is 41.2 Å². The van der Waals surface area contributed by atoms with Crippen molar-refractivity contribution in [2.45, 2.75) is 26.4 Å². The lowest BCUT2D eigenvalue weighted by Crippen LogP contribution is -2.16. The number of aromatic nitrogens is 1. The summed E-state index contributed by atoms with van der Waals surface area (Å²) in [5.74, 6) is -0.206. The maximum Gasteiger partial charge on any atom is 0.309 e. The van der Waals surface area contributed by atoms with E-state index in [9.17, 15) is 4.79 Å². The van der Waals surface area contributed by atoms with Crippen molar-refractivity contribution in [2.24, 2.45) is 0 Å². The minimum atomic E-state index is -0.206. The maximum atomic E-state index is 11.5. The highest BCUT2D eigenvalue weighted by molar-refractivity contribution is 5.72. The van der Waals surface area contributed by atoms with Gasteiger partial charge in [-0.05, 0) is 29.8 Å². The lowest BCUT2D eigenvalue weighted by atomic mass is 10.0. The molecule has 0 spiro atoms. The first-order valence-corrected chi connectivity index (χ1v) is 7.23. The van der Waals surface area contributed by atoms with Crippen molar-refractivity contribution in [3.8, 4) is 0 Å². The van der Waals surface area contributed by atoms with Crippen molar-refractivity contribution in [2.75, 3.05) is 13.7 Å². The molecule has 0 aliphatic heterocycles. The summed E-state index contributed by atoms with van der Waals surface area (Å²) in [7, 11) is 1.42. The van der Waals surface area contributed by atoms with E-state index in [0.717, 1.165) is 30.8 Å². The van der Waals surface area contributed by atoms with Gasteiger partial charge in [0.2, 0.25) is 0 Å². The Hall–Kier alpha value is -2.07. The van der Waals surface area contributed by atoms with Gasteiger partial charge in [-0.3, -0.25) is 4.79 Å². The molecule has 112 valence electrons. The van der Waals surface area contributed by atoms with Crippen LogP contribution in [0.15, 0.2) is 42.6 Å². The Labute approximate surface area is 125 Å². The van der Waals surface area contributed by atoms with Gasteiger partial charge < -0.3 is 14.6 Å². The standard InChI is InChI=1S/C17H22N2O2/c1-3-18-12-16-9-6-10-19(16)13-15-8-5-4-7-14(15)11-17(20)21-2/h4-10,18H,3,11-13H2,1-2H3. The predicted molar refractivity (Wildman–Crippen MR) is 83.1 cm³/mol. The van der Waals surface area contributed by atoms with Crippen molar-refractivity contribution >= 4 is 5.97 Å². The topological polar surface area (TPSA) is 43.3 Å². The van der Waals surface area contributed by atoms with Gasteiger partial charge in [0.05, 0.1) is 13.5 Å². The van der Waals surface area contributed by atoms with E-state index in [1.807, 2.05) is 18.2 Å². The molecule has 0 radical (unpaired) electrons. The second-order valence-corrected chi connectivity index (χ2v) is 4.93. The summed E-state index contributed by atoms with van der Waals surface area (Å²) in [5.41, 5.74) is 3.41. The van der Waals surface area contributed by atoms with Crippen LogP contribution in [0.4, 0.5) is 0 Å². The molecule has 1 heterocycles. The number of carbonyl (C=O) groups is 1. The quantitative estimate of drug-likeness (QED) is 0.795. The molecular formula is C17H22N2O2. The summed E-state index contributed by atoms with van der Waals surface area (Å²) in [6.45, 7) is 4.66. The molecule has 0 saturated heterocycles. The van der Waals surface area contributed by atoms with Gasteiger partial charge in [0, 0.05) is 25.0 Å². The van der Waals surface area contributed by atoms with Crippen LogP contribution in [0, 0.1) is 0 Å². The molecule has 1 aromatic carbocycles. The zero-order valence-corrected chi connectivity index (χ0v) is 12.6. The Kier molecular flexibility index (Phi) is 5.58. The molecule has 2 rings (SSSR count). The minimum absolute atomic E-state index is 0.206. The molecule has 0 amide bonds. The van der Waals surface area contributed by atoms with Crippen LogP contribution in [-0.2, 0) is 29.0 Å². The highest BCUT2D eigenvalue weighted by atomic mass is 16.5. The number of carbonyl (C=O) groups excluding carboxylic acids is 1. The van der Waals surface area contributed by atoms with Gasteiger partial charge in [0.1, 0.15) is 0 Å². The molecule has 0 fully saturated rings. The number of ether oxygens (including phenoxy) is 1. The molecule has 0 aliphatic carbocycles. The highest BCUT2D eigenvalue weighted by Gasteiger charge is 2.09. The minimum Gasteiger partial charge on any atom is -0.469 e. The van der Waals surface area contributed by atoms with E-state index >= 15 is 0 Å². The van der Waals surface area contributed by atoms with Gasteiger partial charge in [-0.2, -0.15) is 0 Å². The molecule has 0 aliphatic rings. The molecule has 0 unspecified atom stereocenters. The zero-order chi connectivity index (χ0) is 15.1. The Balaban J connectivity index is 2.16. The van der Waals surface area contributed by atoms with Crippen LogP contribution in [-0.4, -0.2) is 24.2 Å². The number of methoxy groups -OCH3 is 1. The van der Waals surface area contributed by atoms with Crippen molar-refractivity contribution in [3.63, 3.8) is 0 Å². The summed E-state index contributed by atoms with van der Waals surface area (Å²) >= 11 is 0. The zero-order valence-electron chi connectivity index (χ0n) is 12.6. The molecule has 1 N–H and O–H groups in total. The van der Waals surface area contributed by atoms with E-state index in [4.69, 9.17) is 4.74 Å². The molecule has 21 heavy (non-hydrogen) atoms. The highest BCUT2D eigenvalue weighted by Crippen LogP contribution is 2.14. The third-order valence-electron chi connectivity index (χ3n) is 3.50. The SMILES string of the molecule is CCNCc1cccn1Cc1ccccc1CC(=O)OC. The van der Waals surface area contributed by atoms with Crippen LogP contribution in [0.1, 0.15) is 23.7 Å². The van der Waals surface area contributed by atoms with E-state index in [1.165, 1.54) is 12.8 Å². The summed E-state index contributed by atoms with van der Waals surface area (Å²) in [6, 6.07) is 12.2. The lowest BCUT2D eigenvalue weighted by molar-refractivity contribution is -0.139. The fourth-order valence-electron chi connectivity index (χ4n) is 2.31. The van der Waals surface area contributed by atoms with E-state index in [0.29, 0.717) is 6.42 Å². The summed E-state index contributed by atoms with van der Waals surface area (Å²) in [4.78, 5) is 11.5. The molecule has 4 nitrogen and oxygen atoms in total. The first-order chi connectivity index (χ1) is 10.2. The van der Waals surface area contributed by atoms with Crippen LogP contribution < -0.4 is 5.32 Å². The second-order valence-electron chi connectivity index (χ2n) is 4.93. The molecular weight excluding hydrogens is 264 g/mol. The van der Waals surface area contributed by atoms with Crippen molar-refractivity contribution in [1.82, 2.24) is 9.88 Å². The Bertz CT molecular complexity index is 590. The van der Waals surface area contributed by atoms with Crippen molar-refractivity contribution < 1.29 is 9.53 Å². The van der Waals surface area contributed by atoms with Crippen LogP contribution in [0.5, 0.6) is 0 Å². The molecule has 1 aromatic heterocycles. The van der Waals surface area contributed by atoms with E-state index < -0.39 is 0 Å². The van der Waals surface area contributed by atoms with Crippen LogP contribution >= 0.6 is 0 Å². The third kappa shape index (κ3) is 4.20. The Morgan fingerprint density at radius 3 is 2.67 bits per heavy atom. The van der Waals surface area contributed by atoms with E-state index in [-0.39, 0.29) is 5.97 Å². The summed E-state index contributed by atoms with van der Waals surface area (Å²) < 4.78 is 6.97. The van der Waals surface area contributed by atoms with Gasteiger partial charge in [0.25, 0.3) is 0 Å². The fourth-order valence-corrected chi connectivity index (χ4v) is 2.31. The molecule has 0 bridgehead atoms. The Morgan fingerprint density at radius 2 is 1.95 bits per heavy atom. The summed E-state index contributed by atoms with van der Waals surface area (Å²) in [6.07, 6.45) is 2.39. The first kappa shape index (κ1) is 15.3. The number of rotatable bonds is 7. The maximum absolute atomic E-state index is 11.5. The molecule has 0 atom stereocenters. The fraction of sp³-hybridized carbons (Fsp3) is 0.353. The monoisotopic (exact) mass is 286 g/mol. The van der Waals surface area contributed by atoms with Crippen LogP contribution in [0.3, 0.4) is 0 Å².